The van der Waals surface area contributed by atoms with Gasteiger partial charge in [-0.25, -0.2) is 0 Å². The molecule has 0 spiro atoms. The molecule has 2 unspecified atom stereocenters. The lowest BCUT2D eigenvalue weighted by Gasteiger charge is -2.29. The van der Waals surface area contributed by atoms with Crippen molar-refractivity contribution in [3.05, 3.63) is 69.8 Å². The van der Waals surface area contributed by atoms with E-state index in [0.29, 0.717) is 34.1 Å². The SMILES string of the molecule is CCc1ccc2c(c1)C(=O)c1cc(C(C)(C)CCC(C)C(C)C)ccc1C2=O.CP. The average molecular weight is 425 g/mol. The van der Waals surface area contributed by atoms with Crippen LogP contribution in [-0.4, -0.2) is 18.2 Å². The minimum atomic E-state index is -0.0370. The van der Waals surface area contributed by atoms with E-state index < -0.39 is 0 Å². The molecule has 30 heavy (non-hydrogen) atoms. The molecule has 1 aliphatic rings. The minimum absolute atomic E-state index is 0.0203. The molecule has 3 rings (SSSR count). The molecule has 0 aromatic heterocycles. The average Bonchev–Trinajstić information content (AvgIpc) is 2.76. The normalized spacial score (nSPS) is 14.0. The number of ketones is 2. The number of benzene rings is 2. The highest BCUT2D eigenvalue weighted by atomic mass is 31.0. The number of aryl methyl sites for hydroxylation is 1. The van der Waals surface area contributed by atoms with Gasteiger partial charge in [0, 0.05) is 22.3 Å². The second-order valence-corrected chi connectivity index (χ2v) is 9.30. The lowest BCUT2D eigenvalue weighted by atomic mass is 9.75. The van der Waals surface area contributed by atoms with Crippen molar-refractivity contribution in [3.8, 4) is 0 Å². The summed E-state index contributed by atoms with van der Waals surface area (Å²) in [6.45, 7) is 15.3. The van der Waals surface area contributed by atoms with E-state index in [9.17, 15) is 9.59 Å². The molecule has 162 valence electrons. The summed E-state index contributed by atoms with van der Waals surface area (Å²) in [5.41, 5.74) is 4.38. The van der Waals surface area contributed by atoms with Gasteiger partial charge in [0.05, 0.1) is 0 Å². The van der Waals surface area contributed by atoms with Gasteiger partial charge in [-0.1, -0.05) is 66.4 Å². The molecular weight excluding hydrogens is 387 g/mol. The molecule has 2 atom stereocenters. The maximum Gasteiger partial charge on any atom is 0.194 e. The maximum absolute atomic E-state index is 13.2. The first-order valence-electron chi connectivity index (χ1n) is 11.1. The van der Waals surface area contributed by atoms with Crippen LogP contribution < -0.4 is 0 Å². The van der Waals surface area contributed by atoms with Crippen molar-refractivity contribution in [2.45, 2.75) is 66.2 Å². The van der Waals surface area contributed by atoms with Gasteiger partial charge in [-0.3, -0.25) is 9.59 Å². The Bertz CT molecular complexity index is 924. The Morgan fingerprint density at radius 3 is 1.93 bits per heavy atom. The summed E-state index contributed by atoms with van der Waals surface area (Å²) in [4.78, 5) is 26.2. The second kappa shape index (κ2) is 10.0. The van der Waals surface area contributed by atoms with Gasteiger partial charge in [-0.15, -0.1) is 9.24 Å². The standard InChI is InChI=1S/C26H32O2.CH5P/c1-7-18-8-10-20-22(14-18)25(28)23-15-19(9-11-21(23)24(20)27)26(5,6)13-12-17(4)16(2)3;1-2/h8-11,14-17H,7,12-13H2,1-6H3;2H2,1H3. The molecule has 2 aromatic rings. The van der Waals surface area contributed by atoms with Gasteiger partial charge in [0.15, 0.2) is 11.6 Å². The van der Waals surface area contributed by atoms with E-state index in [1.165, 1.54) is 0 Å². The van der Waals surface area contributed by atoms with Crippen LogP contribution in [0.5, 0.6) is 0 Å². The molecule has 0 N–H and O–H groups in total. The Morgan fingerprint density at radius 1 is 0.833 bits per heavy atom. The highest BCUT2D eigenvalue weighted by Crippen LogP contribution is 2.35. The fourth-order valence-electron chi connectivity index (χ4n) is 3.90. The van der Waals surface area contributed by atoms with Crippen molar-refractivity contribution in [1.29, 1.82) is 0 Å². The van der Waals surface area contributed by atoms with E-state index in [-0.39, 0.29) is 17.0 Å². The Kier molecular flexibility index (Phi) is 8.17. The molecule has 0 radical (unpaired) electrons. The van der Waals surface area contributed by atoms with Crippen LogP contribution in [0.4, 0.5) is 0 Å². The number of hydrogen-bond donors (Lipinski definition) is 0. The van der Waals surface area contributed by atoms with Gasteiger partial charge >= 0.3 is 0 Å². The first-order chi connectivity index (χ1) is 14.2. The van der Waals surface area contributed by atoms with Crippen molar-refractivity contribution < 1.29 is 9.59 Å². The van der Waals surface area contributed by atoms with Crippen LogP contribution in [0, 0.1) is 11.8 Å². The maximum atomic E-state index is 13.2. The van der Waals surface area contributed by atoms with Gasteiger partial charge in [0.2, 0.25) is 0 Å². The van der Waals surface area contributed by atoms with Crippen LogP contribution in [0.3, 0.4) is 0 Å². The third-order valence-corrected chi connectivity index (χ3v) is 6.63. The fourth-order valence-corrected chi connectivity index (χ4v) is 3.90. The summed E-state index contributed by atoms with van der Waals surface area (Å²) in [6, 6.07) is 11.5. The third kappa shape index (κ3) is 4.92. The predicted octanol–water partition coefficient (Wildman–Crippen LogP) is 6.87. The summed E-state index contributed by atoms with van der Waals surface area (Å²) in [5, 5.41) is 0. The van der Waals surface area contributed by atoms with E-state index in [1.54, 1.807) is 0 Å². The molecule has 0 fully saturated rings. The Labute approximate surface area is 185 Å². The van der Waals surface area contributed by atoms with Gasteiger partial charge < -0.3 is 0 Å². The molecule has 0 amide bonds. The zero-order chi connectivity index (χ0) is 22.6. The lowest BCUT2D eigenvalue weighted by molar-refractivity contribution is 0.0979. The molecule has 0 bridgehead atoms. The zero-order valence-corrected chi connectivity index (χ0v) is 20.8. The van der Waals surface area contributed by atoms with Gasteiger partial charge in [-0.05, 0) is 65.8 Å². The molecule has 2 nitrogen and oxygen atoms in total. The van der Waals surface area contributed by atoms with Crippen molar-refractivity contribution in [2.75, 3.05) is 6.66 Å². The number of carbonyl (C=O) groups excluding carboxylic acids is 2. The monoisotopic (exact) mass is 424 g/mol. The first kappa shape index (κ1) is 24.5. The summed E-state index contributed by atoms with van der Waals surface area (Å²) >= 11 is 0. The second-order valence-electron chi connectivity index (χ2n) is 9.30. The Balaban J connectivity index is 0.00000155. The fraction of sp³-hybridized carbons (Fsp3) is 0.481. The highest BCUT2D eigenvalue weighted by Gasteiger charge is 2.32. The molecule has 0 saturated heterocycles. The van der Waals surface area contributed by atoms with Crippen molar-refractivity contribution >= 4 is 20.8 Å². The van der Waals surface area contributed by atoms with Crippen molar-refractivity contribution in [1.82, 2.24) is 0 Å². The summed E-state index contributed by atoms with van der Waals surface area (Å²) in [7, 11) is 2.42. The smallest absolute Gasteiger partial charge is 0.194 e. The topological polar surface area (TPSA) is 34.1 Å². The molecule has 0 saturated carbocycles. The number of rotatable bonds is 6. The Morgan fingerprint density at radius 2 is 1.37 bits per heavy atom. The molecule has 2 aromatic carbocycles. The minimum Gasteiger partial charge on any atom is -0.289 e. The molecular formula is C27H37O2P. The number of fused-ring (bicyclic) bond motifs is 2. The van der Waals surface area contributed by atoms with Crippen LogP contribution >= 0.6 is 9.24 Å². The van der Waals surface area contributed by atoms with Crippen LogP contribution in [-0.2, 0) is 11.8 Å². The van der Waals surface area contributed by atoms with E-state index >= 15 is 0 Å². The van der Waals surface area contributed by atoms with E-state index in [1.807, 2.05) is 43.1 Å². The zero-order valence-electron chi connectivity index (χ0n) is 19.6. The summed E-state index contributed by atoms with van der Waals surface area (Å²) < 4.78 is 0. The summed E-state index contributed by atoms with van der Waals surface area (Å²) in [5.74, 6) is 1.28. The van der Waals surface area contributed by atoms with Crippen LogP contribution in [0.15, 0.2) is 36.4 Å². The molecule has 1 aliphatic carbocycles. The predicted molar refractivity (Wildman–Crippen MR) is 131 cm³/mol. The van der Waals surface area contributed by atoms with E-state index in [4.69, 9.17) is 0 Å². The van der Waals surface area contributed by atoms with Gasteiger partial charge in [0.1, 0.15) is 0 Å². The summed E-state index contributed by atoms with van der Waals surface area (Å²) in [6.07, 6.45) is 3.06. The number of carbonyl (C=O) groups is 2. The quantitative estimate of drug-likeness (QED) is 0.405. The first-order valence-corrected chi connectivity index (χ1v) is 12.3. The molecule has 0 heterocycles. The van der Waals surface area contributed by atoms with Crippen LogP contribution in [0.1, 0.15) is 97.4 Å². The van der Waals surface area contributed by atoms with Crippen LogP contribution in [0.2, 0.25) is 0 Å². The lowest BCUT2D eigenvalue weighted by Crippen LogP contribution is -2.24. The van der Waals surface area contributed by atoms with E-state index in [0.717, 1.165) is 30.4 Å². The van der Waals surface area contributed by atoms with Gasteiger partial charge in [-0.2, -0.15) is 0 Å². The van der Waals surface area contributed by atoms with Gasteiger partial charge in [0.25, 0.3) is 0 Å². The largest absolute Gasteiger partial charge is 0.289 e. The third-order valence-electron chi connectivity index (χ3n) is 6.63. The van der Waals surface area contributed by atoms with Crippen molar-refractivity contribution in [2.24, 2.45) is 11.8 Å². The van der Waals surface area contributed by atoms with Crippen LogP contribution in [0.25, 0.3) is 0 Å². The molecule has 3 heteroatoms. The van der Waals surface area contributed by atoms with Crippen molar-refractivity contribution in [3.63, 3.8) is 0 Å². The van der Waals surface area contributed by atoms with E-state index in [2.05, 4.69) is 50.8 Å². The Hall–Kier alpha value is -1.79. The number of hydrogen-bond acceptors (Lipinski definition) is 2. The highest BCUT2D eigenvalue weighted by molar-refractivity contribution is 7.15. The molecule has 0 aliphatic heterocycles.